The first-order valence-electron chi connectivity index (χ1n) is 5.59. The van der Waals surface area contributed by atoms with Crippen LogP contribution in [0.15, 0.2) is 12.4 Å². The van der Waals surface area contributed by atoms with E-state index in [-0.39, 0.29) is 13.0 Å². The van der Waals surface area contributed by atoms with Crippen LogP contribution < -0.4 is 4.90 Å². The maximum Gasteiger partial charge on any atom is 0.266 e. The zero-order valence-electron chi connectivity index (χ0n) is 8.87. The van der Waals surface area contributed by atoms with Crippen molar-refractivity contribution in [2.75, 3.05) is 18.0 Å². The van der Waals surface area contributed by atoms with Crippen molar-refractivity contribution >= 4 is 5.82 Å². The topological polar surface area (TPSA) is 29.0 Å². The molecule has 0 atom stereocenters. The number of hydrogen-bond acceptors (Lipinski definition) is 3. The average Bonchev–Trinajstić information content (AvgIpc) is 3.04. The van der Waals surface area contributed by atoms with Crippen LogP contribution in [0.2, 0.25) is 0 Å². The maximum absolute atomic E-state index is 13.1. The summed E-state index contributed by atoms with van der Waals surface area (Å²) in [5.41, 5.74) is 1.00. The van der Waals surface area contributed by atoms with Crippen LogP contribution in [0.1, 0.15) is 30.9 Å². The molecule has 0 aromatic carbocycles. The van der Waals surface area contributed by atoms with Gasteiger partial charge in [-0.3, -0.25) is 0 Å². The molecule has 1 aliphatic heterocycles. The lowest BCUT2D eigenvalue weighted by Crippen LogP contribution is -2.25. The Morgan fingerprint density at radius 1 is 1.31 bits per heavy atom. The molecule has 1 saturated carbocycles. The van der Waals surface area contributed by atoms with Gasteiger partial charge in [0.15, 0.2) is 0 Å². The molecule has 2 fully saturated rings. The van der Waals surface area contributed by atoms with Crippen LogP contribution in [0.3, 0.4) is 0 Å². The third kappa shape index (κ3) is 1.86. The zero-order valence-corrected chi connectivity index (χ0v) is 8.87. The van der Waals surface area contributed by atoms with Gasteiger partial charge < -0.3 is 4.90 Å². The minimum absolute atomic E-state index is 0.0736. The van der Waals surface area contributed by atoms with Gasteiger partial charge in [-0.25, -0.2) is 18.7 Å². The number of rotatable bonds is 2. The van der Waals surface area contributed by atoms with Gasteiger partial charge in [-0.05, 0) is 12.8 Å². The molecule has 0 N–H and O–H groups in total. The summed E-state index contributed by atoms with van der Waals surface area (Å²) < 4.78 is 26.1. The molecule has 16 heavy (non-hydrogen) atoms. The Balaban J connectivity index is 1.81. The first kappa shape index (κ1) is 9.93. The Hall–Kier alpha value is -1.26. The van der Waals surface area contributed by atoms with Crippen LogP contribution >= 0.6 is 0 Å². The Labute approximate surface area is 92.5 Å². The second-order valence-corrected chi connectivity index (χ2v) is 4.60. The standard InChI is InChI=1S/C11H13F2N3/c12-11(13)3-4-16(6-11)10-5-9(8-1-2-8)14-7-15-10/h5,7-8H,1-4,6H2. The Morgan fingerprint density at radius 3 is 2.75 bits per heavy atom. The van der Waals surface area contributed by atoms with Crippen molar-refractivity contribution in [3.8, 4) is 0 Å². The first-order valence-corrected chi connectivity index (χ1v) is 5.59. The molecule has 2 heterocycles. The van der Waals surface area contributed by atoms with Crippen LogP contribution in [0.4, 0.5) is 14.6 Å². The van der Waals surface area contributed by atoms with Crippen LogP contribution in [-0.4, -0.2) is 29.0 Å². The zero-order chi connectivity index (χ0) is 11.2. The van der Waals surface area contributed by atoms with Gasteiger partial charge >= 0.3 is 0 Å². The largest absolute Gasteiger partial charge is 0.350 e. The molecule has 86 valence electrons. The highest BCUT2D eigenvalue weighted by atomic mass is 19.3. The predicted octanol–water partition coefficient (Wildman–Crippen LogP) is 2.20. The van der Waals surface area contributed by atoms with Gasteiger partial charge in [0.2, 0.25) is 0 Å². The lowest BCUT2D eigenvalue weighted by molar-refractivity contribution is 0.0256. The second kappa shape index (κ2) is 3.37. The molecular weight excluding hydrogens is 212 g/mol. The van der Waals surface area contributed by atoms with E-state index in [1.165, 1.54) is 6.33 Å². The minimum atomic E-state index is -2.56. The Bertz CT molecular complexity index is 404. The van der Waals surface area contributed by atoms with E-state index in [4.69, 9.17) is 0 Å². The molecule has 0 bridgehead atoms. The number of nitrogens with zero attached hydrogens (tertiary/aromatic N) is 3. The summed E-state index contributed by atoms with van der Waals surface area (Å²) in [6, 6.07) is 1.86. The molecule has 1 saturated heterocycles. The van der Waals surface area contributed by atoms with Gasteiger partial charge in [0, 0.05) is 30.6 Å². The van der Waals surface area contributed by atoms with Crippen molar-refractivity contribution in [3.05, 3.63) is 18.1 Å². The van der Waals surface area contributed by atoms with E-state index in [1.807, 2.05) is 6.07 Å². The minimum Gasteiger partial charge on any atom is -0.350 e. The molecule has 0 unspecified atom stereocenters. The molecule has 1 aromatic rings. The van der Waals surface area contributed by atoms with Crippen LogP contribution in [-0.2, 0) is 0 Å². The summed E-state index contributed by atoms with van der Waals surface area (Å²) in [6.45, 7) is 0.169. The second-order valence-electron chi connectivity index (χ2n) is 4.60. The van der Waals surface area contributed by atoms with Crippen molar-refractivity contribution in [3.63, 3.8) is 0 Å². The molecular formula is C11H13F2N3. The van der Waals surface area contributed by atoms with Gasteiger partial charge in [-0.15, -0.1) is 0 Å². The lowest BCUT2D eigenvalue weighted by Gasteiger charge is -2.17. The molecule has 5 heteroatoms. The lowest BCUT2D eigenvalue weighted by atomic mass is 10.3. The highest BCUT2D eigenvalue weighted by Gasteiger charge is 2.39. The highest BCUT2D eigenvalue weighted by Crippen LogP contribution is 2.40. The molecule has 1 aliphatic carbocycles. The molecule has 0 radical (unpaired) electrons. The third-order valence-electron chi connectivity index (χ3n) is 3.16. The summed E-state index contributed by atoms with van der Waals surface area (Å²) in [4.78, 5) is 9.91. The van der Waals surface area contributed by atoms with Crippen molar-refractivity contribution in [1.82, 2.24) is 9.97 Å². The predicted molar refractivity (Wildman–Crippen MR) is 55.8 cm³/mol. The van der Waals surface area contributed by atoms with E-state index in [0.29, 0.717) is 18.3 Å². The summed E-state index contributed by atoms with van der Waals surface area (Å²) in [6.07, 6.45) is 3.73. The number of anilines is 1. The van der Waals surface area contributed by atoms with Gasteiger partial charge in [0.05, 0.1) is 6.54 Å². The normalized spacial score (nSPS) is 23.8. The van der Waals surface area contributed by atoms with E-state index < -0.39 is 5.92 Å². The Kier molecular flexibility index (Phi) is 2.09. The van der Waals surface area contributed by atoms with Gasteiger partial charge in [-0.1, -0.05) is 0 Å². The van der Waals surface area contributed by atoms with Gasteiger partial charge in [0.25, 0.3) is 5.92 Å². The molecule has 1 aromatic heterocycles. The smallest absolute Gasteiger partial charge is 0.266 e. The molecule has 3 rings (SSSR count). The molecule has 2 aliphatic rings. The van der Waals surface area contributed by atoms with Crippen molar-refractivity contribution in [2.45, 2.75) is 31.1 Å². The van der Waals surface area contributed by atoms with Crippen molar-refractivity contribution in [1.29, 1.82) is 0 Å². The maximum atomic E-state index is 13.1. The van der Waals surface area contributed by atoms with Crippen LogP contribution in [0.25, 0.3) is 0 Å². The first-order chi connectivity index (χ1) is 7.64. The summed E-state index contributed by atoms with van der Waals surface area (Å²) in [5.74, 6) is -1.39. The van der Waals surface area contributed by atoms with Crippen LogP contribution in [0, 0.1) is 0 Å². The van der Waals surface area contributed by atoms with E-state index >= 15 is 0 Å². The monoisotopic (exact) mass is 225 g/mol. The Morgan fingerprint density at radius 2 is 2.12 bits per heavy atom. The van der Waals surface area contributed by atoms with Gasteiger partial charge in [-0.2, -0.15) is 0 Å². The van der Waals surface area contributed by atoms with E-state index in [1.54, 1.807) is 4.90 Å². The summed E-state index contributed by atoms with van der Waals surface area (Å²) in [5, 5.41) is 0. The fraction of sp³-hybridized carbons (Fsp3) is 0.636. The molecule has 0 spiro atoms. The molecule has 0 amide bonds. The van der Waals surface area contributed by atoms with E-state index in [2.05, 4.69) is 9.97 Å². The van der Waals surface area contributed by atoms with E-state index in [0.717, 1.165) is 18.5 Å². The number of alkyl halides is 2. The summed E-state index contributed by atoms with van der Waals surface area (Å²) in [7, 11) is 0. The SMILES string of the molecule is FC1(F)CCN(c2cc(C3CC3)ncn2)C1. The van der Waals surface area contributed by atoms with Gasteiger partial charge in [0.1, 0.15) is 12.1 Å². The average molecular weight is 225 g/mol. The number of halogens is 2. The fourth-order valence-electron chi connectivity index (χ4n) is 2.07. The fourth-order valence-corrected chi connectivity index (χ4v) is 2.07. The highest BCUT2D eigenvalue weighted by molar-refractivity contribution is 5.42. The van der Waals surface area contributed by atoms with Crippen LogP contribution in [0.5, 0.6) is 0 Å². The number of hydrogen-bond donors (Lipinski definition) is 0. The number of aromatic nitrogens is 2. The molecule has 3 nitrogen and oxygen atoms in total. The van der Waals surface area contributed by atoms with Crippen molar-refractivity contribution < 1.29 is 8.78 Å². The quantitative estimate of drug-likeness (QED) is 0.772. The van der Waals surface area contributed by atoms with E-state index in [9.17, 15) is 8.78 Å². The summed E-state index contributed by atoms with van der Waals surface area (Å²) >= 11 is 0. The van der Waals surface area contributed by atoms with Crippen molar-refractivity contribution in [2.24, 2.45) is 0 Å². The third-order valence-corrected chi connectivity index (χ3v) is 3.16.